The molecule has 4 rings (SSSR count). The van der Waals surface area contributed by atoms with E-state index in [2.05, 4.69) is 24.4 Å². The molecule has 0 spiro atoms. The second kappa shape index (κ2) is 7.45. The highest BCUT2D eigenvalue weighted by Gasteiger charge is 2.63. The van der Waals surface area contributed by atoms with Gasteiger partial charge in [0, 0.05) is 17.7 Å². The lowest BCUT2D eigenvalue weighted by Gasteiger charge is -2.33. The highest BCUT2D eigenvalue weighted by atomic mass is 35.5. The van der Waals surface area contributed by atoms with Gasteiger partial charge >= 0.3 is 11.4 Å². The van der Waals surface area contributed by atoms with Crippen LogP contribution in [-0.4, -0.2) is 44.8 Å². The van der Waals surface area contributed by atoms with Gasteiger partial charge in [-0.05, 0) is 18.5 Å². The predicted octanol–water partition coefficient (Wildman–Crippen LogP) is 3.82. The molecule has 8 nitrogen and oxygen atoms in total. The Bertz CT molecular complexity index is 1150. The Kier molecular flexibility index (Phi) is 5.16. The van der Waals surface area contributed by atoms with E-state index in [0.717, 1.165) is 12.1 Å². The molecule has 0 saturated heterocycles. The Balaban J connectivity index is 1.65. The Labute approximate surface area is 181 Å². The van der Waals surface area contributed by atoms with Crippen molar-refractivity contribution in [1.82, 2.24) is 15.0 Å². The number of nitrogens with zero attached hydrogens (tertiary/aromatic N) is 2. The van der Waals surface area contributed by atoms with Crippen LogP contribution in [0.3, 0.4) is 0 Å². The maximum Gasteiger partial charge on any atom is 0.488 e. The van der Waals surface area contributed by atoms with Gasteiger partial charge in [0.05, 0.1) is 53.7 Å². The minimum atomic E-state index is -4.41. The van der Waals surface area contributed by atoms with Crippen LogP contribution in [0.25, 0.3) is 11.0 Å². The molecule has 2 atom stereocenters. The summed E-state index contributed by atoms with van der Waals surface area (Å²) in [6.07, 6.45) is -2.95. The van der Waals surface area contributed by atoms with Crippen LogP contribution in [0.15, 0.2) is 23.5 Å². The number of fused-ring (bicyclic) bond motifs is 2. The maximum absolute atomic E-state index is 13.8. The Morgan fingerprint density at radius 2 is 1.90 bits per heavy atom. The Morgan fingerprint density at radius 1 is 1.19 bits per heavy atom. The number of alkyl halides is 4. The molecular formula is C18H15ClF3N3O5S. The van der Waals surface area contributed by atoms with Crippen LogP contribution >= 0.6 is 11.6 Å². The molecule has 0 aliphatic carbocycles. The van der Waals surface area contributed by atoms with Crippen molar-refractivity contribution < 1.29 is 36.3 Å². The number of aromatic nitrogens is 3. The standard InChI is InChI=1S/C18H15ClF3N3O5S/c1-8-11(23-6-14(27-2)15(8)28-3)7-31(26)16-24-9-4-12-13(5-10(9)25-16)30-18(21,22)17(19,20)29-12/h4-6H,7H2,1-3H3,(H,24,25). The van der Waals surface area contributed by atoms with Gasteiger partial charge < -0.3 is 23.9 Å². The second-order valence-corrected chi connectivity index (χ2v) is 8.37. The van der Waals surface area contributed by atoms with Gasteiger partial charge in [-0.2, -0.15) is 13.2 Å². The van der Waals surface area contributed by atoms with E-state index in [0.29, 0.717) is 22.8 Å². The first kappa shape index (κ1) is 21.5. The fourth-order valence-corrected chi connectivity index (χ4v) is 4.22. The lowest BCUT2D eigenvalue weighted by Crippen LogP contribution is -2.51. The third-order valence-electron chi connectivity index (χ3n) is 4.58. The van der Waals surface area contributed by atoms with Crippen LogP contribution in [0.4, 0.5) is 13.2 Å². The average Bonchev–Trinajstić information content (AvgIpc) is 3.11. The van der Waals surface area contributed by atoms with Crippen LogP contribution in [0.5, 0.6) is 23.0 Å². The van der Waals surface area contributed by atoms with Crippen LogP contribution in [0.1, 0.15) is 11.3 Å². The lowest BCUT2D eigenvalue weighted by atomic mass is 10.2. The van der Waals surface area contributed by atoms with E-state index in [1.165, 1.54) is 20.4 Å². The number of ether oxygens (including phenoxy) is 4. The Morgan fingerprint density at radius 3 is 2.58 bits per heavy atom. The summed E-state index contributed by atoms with van der Waals surface area (Å²) in [7, 11) is 1.27. The number of imidazole rings is 1. The summed E-state index contributed by atoms with van der Waals surface area (Å²) in [6.45, 7) is 1.75. The molecule has 0 radical (unpaired) electrons. The molecule has 3 aromatic rings. The summed E-state index contributed by atoms with van der Waals surface area (Å²) in [5, 5.41) is -3.82. The number of halogens is 4. The quantitative estimate of drug-likeness (QED) is 0.558. The summed E-state index contributed by atoms with van der Waals surface area (Å²) in [5.41, 5.74) is 1.57. The van der Waals surface area contributed by atoms with Crippen LogP contribution in [-0.2, 0) is 16.6 Å². The number of hydrogen-bond acceptors (Lipinski definition) is 7. The Hall–Kier alpha value is -2.73. The van der Waals surface area contributed by atoms with Crippen LogP contribution in [0.2, 0.25) is 0 Å². The zero-order chi connectivity index (χ0) is 22.6. The topological polar surface area (TPSA) is 95.6 Å². The van der Waals surface area contributed by atoms with Gasteiger partial charge in [-0.15, -0.1) is 0 Å². The monoisotopic (exact) mass is 477 g/mol. The number of methoxy groups -OCH3 is 2. The number of benzene rings is 1. The molecule has 166 valence electrons. The third-order valence-corrected chi connectivity index (χ3v) is 6.04. The summed E-state index contributed by atoms with van der Waals surface area (Å²) >= 11 is 5.08. The molecule has 31 heavy (non-hydrogen) atoms. The molecule has 0 amide bonds. The van der Waals surface area contributed by atoms with Crippen molar-refractivity contribution in [2.24, 2.45) is 0 Å². The zero-order valence-corrected chi connectivity index (χ0v) is 17.9. The smallest absolute Gasteiger partial charge is 0.488 e. The number of hydrogen-bond donors (Lipinski definition) is 1. The normalized spacial score (nSPS) is 20.5. The summed E-state index contributed by atoms with van der Waals surface area (Å²) < 4.78 is 73.3. The molecule has 0 bridgehead atoms. The van der Waals surface area contributed by atoms with Crippen molar-refractivity contribution in [3.8, 4) is 23.0 Å². The number of aromatic amines is 1. The van der Waals surface area contributed by atoms with Crippen LogP contribution in [0, 0.1) is 6.92 Å². The molecule has 1 N–H and O–H groups in total. The highest BCUT2D eigenvalue weighted by Crippen LogP contribution is 2.49. The van der Waals surface area contributed by atoms with Crippen molar-refractivity contribution in [1.29, 1.82) is 0 Å². The first-order chi connectivity index (χ1) is 14.6. The van der Waals surface area contributed by atoms with E-state index in [-0.39, 0.29) is 27.7 Å². The number of H-pyrrole nitrogens is 1. The first-order valence-electron chi connectivity index (χ1n) is 8.68. The maximum atomic E-state index is 13.8. The minimum absolute atomic E-state index is 0.00787. The molecule has 13 heteroatoms. The summed E-state index contributed by atoms with van der Waals surface area (Å²) in [6, 6.07) is 2.30. The summed E-state index contributed by atoms with van der Waals surface area (Å²) in [4.78, 5) is 11.2. The van der Waals surface area contributed by atoms with Gasteiger partial charge in [-0.3, -0.25) is 9.19 Å². The number of nitrogens with one attached hydrogen (secondary N) is 1. The van der Waals surface area contributed by atoms with Crippen molar-refractivity contribution in [2.45, 2.75) is 29.3 Å². The first-order valence-corrected chi connectivity index (χ1v) is 10.4. The molecule has 2 aromatic heterocycles. The van der Waals surface area contributed by atoms with Crippen molar-refractivity contribution >= 4 is 33.4 Å². The molecule has 0 saturated carbocycles. The van der Waals surface area contributed by atoms with Gasteiger partial charge in [-0.1, -0.05) is 0 Å². The SMILES string of the molecule is COc1cnc(CS(=O)c2nc3cc4c(cc3[nH]2)OC(F)(F)C(F)(Cl)O4)c(C)c1OC. The van der Waals surface area contributed by atoms with E-state index >= 15 is 0 Å². The van der Waals surface area contributed by atoms with Gasteiger partial charge in [0.25, 0.3) is 0 Å². The van der Waals surface area contributed by atoms with Crippen molar-refractivity contribution in [2.75, 3.05) is 14.2 Å². The second-order valence-electron chi connectivity index (χ2n) is 6.52. The van der Waals surface area contributed by atoms with Gasteiger partial charge in [-0.25, -0.2) is 4.98 Å². The fraction of sp³-hybridized carbons (Fsp3) is 0.333. The fourth-order valence-electron chi connectivity index (χ4n) is 3.00. The van der Waals surface area contributed by atoms with E-state index in [9.17, 15) is 17.4 Å². The largest absolute Gasteiger partial charge is 0.492 e. The molecule has 3 heterocycles. The van der Waals surface area contributed by atoms with Crippen LogP contribution < -0.4 is 18.9 Å². The molecular weight excluding hydrogens is 463 g/mol. The molecule has 2 unspecified atom stereocenters. The van der Waals surface area contributed by atoms with Gasteiger partial charge in [0.1, 0.15) is 0 Å². The van der Waals surface area contributed by atoms with Crippen molar-refractivity contribution in [3.05, 3.63) is 29.6 Å². The number of pyridine rings is 1. The molecule has 0 fully saturated rings. The van der Waals surface area contributed by atoms with Gasteiger partial charge in [0.2, 0.25) is 0 Å². The van der Waals surface area contributed by atoms with E-state index in [1.807, 2.05) is 0 Å². The molecule has 1 aliphatic rings. The third kappa shape index (κ3) is 3.63. The average molecular weight is 478 g/mol. The summed E-state index contributed by atoms with van der Waals surface area (Å²) in [5.74, 6) is 0.0881. The number of rotatable bonds is 5. The predicted molar refractivity (Wildman–Crippen MR) is 104 cm³/mol. The minimum Gasteiger partial charge on any atom is -0.492 e. The van der Waals surface area contributed by atoms with Crippen molar-refractivity contribution in [3.63, 3.8) is 0 Å². The molecule has 1 aromatic carbocycles. The van der Waals surface area contributed by atoms with E-state index in [1.54, 1.807) is 6.92 Å². The van der Waals surface area contributed by atoms with Gasteiger partial charge in [0.15, 0.2) is 28.2 Å². The van der Waals surface area contributed by atoms with E-state index in [4.69, 9.17) is 21.1 Å². The zero-order valence-electron chi connectivity index (χ0n) is 16.3. The molecule has 1 aliphatic heterocycles. The lowest BCUT2D eigenvalue weighted by molar-refractivity contribution is -0.303. The van der Waals surface area contributed by atoms with E-state index < -0.39 is 28.0 Å². The highest BCUT2D eigenvalue weighted by molar-refractivity contribution is 7.84.